The van der Waals surface area contributed by atoms with E-state index in [9.17, 15) is 27.2 Å². The summed E-state index contributed by atoms with van der Waals surface area (Å²) in [5, 5.41) is 0. The van der Waals surface area contributed by atoms with E-state index in [1.807, 2.05) is 0 Å². The predicted molar refractivity (Wildman–Crippen MR) is 96.0 cm³/mol. The number of alkyl halides is 3. The molecule has 0 bridgehead atoms. The van der Waals surface area contributed by atoms with Gasteiger partial charge in [0.15, 0.2) is 0 Å². The smallest absolute Gasteiger partial charge is 0.416 e. The fourth-order valence-electron chi connectivity index (χ4n) is 2.59. The lowest BCUT2D eigenvalue weighted by Gasteiger charge is -2.15. The van der Waals surface area contributed by atoms with Crippen LogP contribution in [-0.4, -0.2) is 37.1 Å². The van der Waals surface area contributed by atoms with Crippen LogP contribution in [0, 0.1) is 5.82 Å². The highest BCUT2D eigenvalue weighted by Crippen LogP contribution is 2.38. The highest BCUT2D eigenvalue weighted by Gasteiger charge is 2.35. The molecule has 0 unspecified atom stereocenters. The maximum absolute atomic E-state index is 14.3. The standard InChI is InChI=1S/C20H17F4NO4/c1-11(20(22,23)24)15-10-16(21)13(9-18(15)28-2)8-14(26)6-12-4-5-25-17(7-12)19(27)29-3/h4-5,7,9-10H,1,6,8H2,2-3H3. The Morgan fingerprint density at radius 3 is 2.41 bits per heavy atom. The van der Waals surface area contributed by atoms with Crippen molar-refractivity contribution in [1.82, 2.24) is 4.98 Å². The van der Waals surface area contributed by atoms with Crippen molar-refractivity contribution >= 4 is 17.3 Å². The minimum Gasteiger partial charge on any atom is -0.496 e. The lowest BCUT2D eigenvalue weighted by atomic mass is 9.98. The summed E-state index contributed by atoms with van der Waals surface area (Å²) < 4.78 is 62.4. The molecule has 154 valence electrons. The first-order chi connectivity index (χ1) is 13.6. The van der Waals surface area contributed by atoms with E-state index in [4.69, 9.17) is 4.74 Å². The highest BCUT2D eigenvalue weighted by atomic mass is 19.4. The molecule has 2 aromatic rings. The van der Waals surface area contributed by atoms with Gasteiger partial charge in [0, 0.05) is 24.6 Å². The van der Waals surface area contributed by atoms with Gasteiger partial charge >= 0.3 is 12.1 Å². The highest BCUT2D eigenvalue weighted by molar-refractivity contribution is 5.88. The van der Waals surface area contributed by atoms with Crippen molar-refractivity contribution in [3.63, 3.8) is 0 Å². The summed E-state index contributed by atoms with van der Waals surface area (Å²) in [5.74, 6) is -2.32. The number of hydrogen-bond donors (Lipinski definition) is 0. The molecule has 1 heterocycles. The Balaban J connectivity index is 2.23. The Hall–Kier alpha value is -3.23. The molecular weight excluding hydrogens is 394 g/mol. The number of benzene rings is 1. The van der Waals surface area contributed by atoms with Gasteiger partial charge in [0.25, 0.3) is 0 Å². The van der Waals surface area contributed by atoms with Gasteiger partial charge in [0.2, 0.25) is 0 Å². The van der Waals surface area contributed by atoms with Crippen LogP contribution >= 0.6 is 0 Å². The van der Waals surface area contributed by atoms with E-state index < -0.39 is 34.9 Å². The van der Waals surface area contributed by atoms with Gasteiger partial charge in [-0.05, 0) is 35.4 Å². The van der Waals surface area contributed by atoms with Crippen LogP contribution in [0.2, 0.25) is 0 Å². The number of carbonyl (C=O) groups is 2. The number of Topliss-reactive ketones (excluding diaryl/α,β-unsaturated/α-hetero) is 1. The van der Waals surface area contributed by atoms with Gasteiger partial charge in [-0.3, -0.25) is 4.79 Å². The number of nitrogens with zero attached hydrogens (tertiary/aromatic N) is 1. The third-order valence-corrected chi connectivity index (χ3v) is 4.04. The van der Waals surface area contributed by atoms with E-state index in [0.717, 1.165) is 13.2 Å². The van der Waals surface area contributed by atoms with E-state index in [1.165, 1.54) is 25.4 Å². The van der Waals surface area contributed by atoms with Gasteiger partial charge in [-0.15, -0.1) is 0 Å². The summed E-state index contributed by atoms with van der Waals surface area (Å²) in [4.78, 5) is 27.6. The number of pyridine rings is 1. The average molecular weight is 411 g/mol. The molecule has 5 nitrogen and oxygen atoms in total. The summed E-state index contributed by atoms with van der Waals surface area (Å²) in [5.41, 5.74) is -1.43. The van der Waals surface area contributed by atoms with Crippen molar-refractivity contribution in [3.05, 3.63) is 65.2 Å². The number of ketones is 1. The molecule has 0 fully saturated rings. The van der Waals surface area contributed by atoms with Crippen molar-refractivity contribution in [3.8, 4) is 5.75 Å². The molecule has 0 aliphatic rings. The Bertz CT molecular complexity index is 954. The summed E-state index contributed by atoms with van der Waals surface area (Å²) in [6, 6.07) is 4.58. The molecule has 1 aromatic heterocycles. The van der Waals surface area contributed by atoms with Crippen molar-refractivity contribution in [1.29, 1.82) is 0 Å². The molecule has 9 heteroatoms. The molecule has 0 aliphatic heterocycles. The van der Waals surface area contributed by atoms with E-state index in [-0.39, 0.29) is 29.8 Å². The molecule has 0 saturated carbocycles. The van der Waals surface area contributed by atoms with Crippen LogP contribution in [0.1, 0.15) is 27.2 Å². The molecule has 2 rings (SSSR count). The Morgan fingerprint density at radius 2 is 1.83 bits per heavy atom. The van der Waals surface area contributed by atoms with Crippen molar-refractivity contribution in [2.45, 2.75) is 19.0 Å². The third-order valence-electron chi connectivity index (χ3n) is 4.04. The number of aromatic nitrogens is 1. The maximum atomic E-state index is 14.3. The van der Waals surface area contributed by atoms with Crippen LogP contribution in [-0.2, 0) is 22.4 Å². The quantitative estimate of drug-likeness (QED) is 0.510. The van der Waals surface area contributed by atoms with Crippen LogP contribution in [0.5, 0.6) is 5.75 Å². The predicted octanol–water partition coefficient (Wildman–Crippen LogP) is 3.95. The van der Waals surface area contributed by atoms with Crippen LogP contribution < -0.4 is 4.74 Å². The topological polar surface area (TPSA) is 65.5 Å². The molecule has 0 spiro atoms. The van der Waals surface area contributed by atoms with E-state index in [1.54, 1.807) is 0 Å². The minimum absolute atomic E-state index is 0.0145. The molecule has 0 aliphatic carbocycles. The first kappa shape index (κ1) is 22.1. The number of esters is 1. The van der Waals surface area contributed by atoms with Crippen LogP contribution in [0.4, 0.5) is 17.6 Å². The molecular formula is C20H17F4NO4. The lowest BCUT2D eigenvalue weighted by Crippen LogP contribution is -2.13. The van der Waals surface area contributed by atoms with Gasteiger partial charge in [-0.25, -0.2) is 14.2 Å². The fourth-order valence-corrected chi connectivity index (χ4v) is 2.59. The van der Waals surface area contributed by atoms with Gasteiger partial charge in [0.1, 0.15) is 23.0 Å². The Labute approximate surface area is 164 Å². The lowest BCUT2D eigenvalue weighted by molar-refractivity contribution is -0.117. The van der Waals surface area contributed by atoms with Gasteiger partial charge < -0.3 is 9.47 Å². The molecule has 29 heavy (non-hydrogen) atoms. The maximum Gasteiger partial charge on any atom is 0.416 e. The van der Waals surface area contributed by atoms with Crippen molar-refractivity contribution in [2.75, 3.05) is 14.2 Å². The summed E-state index contributed by atoms with van der Waals surface area (Å²) in [6.45, 7) is 2.94. The Kier molecular flexibility index (Phi) is 6.73. The van der Waals surface area contributed by atoms with Gasteiger partial charge in [-0.2, -0.15) is 13.2 Å². The van der Waals surface area contributed by atoms with E-state index in [0.29, 0.717) is 11.6 Å². The fraction of sp³-hybridized carbons (Fsp3) is 0.250. The van der Waals surface area contributed by atoms with Crippen LogP contribution in [0.3, 0.4) is 0 Å². The molecule has 0 atom stereocenters. The third kappa shape index (κ3) is 5.40. The van der Waals surface area contributed by atoms with Crippen molar-refractivity contribution in [2.24, 2.45) is 0 Å². The number of carbonyl (C=O) groups excluding carboxylic acids is 2. The summed E-state index contributed by atoms with van der Waals surface area (Å²) in [7, 11) is 2.33. The largest absolute Gasteiger partial charge is 0.496 e. The number of hydrogen-bond acceptors (Lipinski definition) is 5. The second-order valence-corrected chi connectivity index (χ2v) is 6.05. The molecule has 0 radical (unpaired) electrons. The zero-order valence-corrected chi connectivity index (χ0v) is 15.6. The number of ether oxygens (including phenoxy) is 2. The zero-order chi connectivity index (χ0) is 21.8. The Morgan fingerprint density at radius 1 is 1.14 bits per heavy atom. The molecule has 0 saturated heterocycles. The number of allylic oxidation sites excluding steroid dienone is 1. The van der Waals surface area contributed by atoms with Crippen LogP contribution in [0.15, 0.2) is 37.0 Å². The van der Waals surface area contributed by atoms with Gasteiger partial charge in [-0.1, -0.05) is 6.58 Å². The normalized spacial score (nSPS) is 11.1. The molecule has 1 aromatic carbocycles. The van der Waals surface area contributed by atoms with Gasteiger partial charge in [0.05, 0.1) is 19.8 Å². The van der Waals surface area contributed by atoms with Crippen LogP contribution in [0.25, 0.3) is 5.57 Å². The minimum atomic E-state index is -4.75. The van der Waals surface area contributed by atoms with E-state index in [2.05, 4.69) is 16.3 Å². The number of methoxy groups -OCH3 is 2. The average Bonchev–Trinajstić information content (AvgIpc) is 2.67. The molecule has 0 amide bonds. The number of halogens is 4. The summed E-state index contributed by atoms with van der Waals surface area (Å²) >= 11 is 0. The first-order valence-corrected chi connectivity index (χ1v) is 8.24. The van der Waals surface area contributed by atoms with Crippen molar-refractivity contribution < 1.29 is 36.6 Å². The zero-order valence-electron chi connectivity index (χ0n) is 15.6. The second-order valence-electron chi connectivity index (χ2n) is 6.05. The molecule has 0 N–H and O–H groups in total. The monoisotopic (exact) mass is 411 g/mol. The summed E-state index contributed by atoms with van der Waals surface area (Å²) in [6.07, 6.45) is -3.94. The first-order valence-electron chi connectivity index (χ1n) is 8.24. The van der Waals surface area contributed by atoms with E-state index >= 15 is 0 Å². The SMILES string of the molecule is C=C(c1cc(F)c(CC(=O)Cc2ccnc(C(=O)OC)c2)cc1OC)C(F)(F)F. The number of rotatable bonds is 7. The second kappa shape index (κ2) is 8.85.